The lowest BCUT2D eigenvalue weighted by molar-refractivity contribution is -0.138. The van der Waals surface area contributed by atoms with Crippen molar-refractivity contribution < 1.29 is 9.90 Å². The van der Waals surface area contributed by atoms with Crippen molar-refractivity contribution in [3.8, 4) is 0 Å². The molecule has 3 nitrogen and oxygen atoms in total. The Morgan fingerprint density at radius 1 is 1.91 bits per heavy atom. The van der Waals surface area contributed by atoms with Crippen LogP contribution in [0.3, 0.4) is 0 Å². The molecule has 0 bridgehead atoms. The minimum absolute atomic E-state index is 0.00324. The van der Waals surface area contributed by atoms with Crippen molar-refractivity contribution in [3.05, 3.63) is 11.5 Å². The van der Waals surface area contributed by atoms with Crippen LogP contribution in [-0.2, 0) is 14.9 Å². The van der Waals surface area contributed by atoms with Crippen LogP contribution >= 0.6 is 10.8 Å². The van der Waals surface area contributed by atoms with Crippen molar-refractivity contribution in [1.29, 1.82) is 0 Å². The lowest BCUT2D eigenvalue weighted by Gasteiger charge is -2.04. The number of carboxylic acid groups (broad SMARTS) is 1. The fourth-order valence-electron chi connectivity index (χ4n) is 0.596. The summed E-state index contributed by atoms with van der Waals surface area (Å²) in [6.45, 7) is 1.66. The van der Waals surface area contributed by atoms with Crippen molar-refractivity contribution in [2.75, 3.05) is 5.75 Å². The number of aliphatic carboxylic acids is 1. The molecule has 1 unspecified atom stereocenters. The summed E-state index contributed by atoms with van der Waals surface area (Å²) in [7, 11) is 1.66. The van der Waals surface area contributed by atoms with Gasteiger partial charge in [-0.2, -0.15) is 0 Å². The highest BCUT2D eigenvalue weighted by atomic mass is 33.1. The fraction of sp³-hybridized carbons (Fsp3) is 0.500. The molecule has 0 amide bonds. The molecule has 5 heteroatoms. The molecule has 0 fully saturated rings. The Bertz CT molecular complexity index is 175. The summed E-state index contributed by atoms with van der Waals surface area (Å²) in [6, 6.07) is -0.439. The van der Waals surface area contributed by atoms with Crippen LogP contribution in [0.15, 0.2) is 11.5 Å². The third kappa shape index (κ3) is 2.76. The maximum absolute atomic E-state index is 10.4. The molecule has 2 atom stereocenters. The van der Waals surface area contributed by atoms with Gasteiger partial charge in [-0.15, -0.1) is 4.72 Å². The van der Waals surface area contributed by atoms with E-state index in [0.29, 0.717) is 0 Å². The van der Waals surface area contributed by atoms with Gasteiger partial charge in [-0.05, 0) is 13.0 Å². The Morgan fingerprint density at radius 2 is 2.64 bits per heavy atom. The van der Waals surface area contributed by atoms with E-state index in [1.54, 1.807) is 17.7 Å². The van der Waals surface area contributed by atoms with Gasteiger partial charge in [-0.1, -0.05) is 0 Å². The van der Waals surface area contributed by atoms with E-state index in [1.165, 1.54) is 0 Å². The number of carboxylic acids is 1. The lowest BCUT2D eigenvalue weighted by Crippen LogP contribution is -2.36. The molecule has 0 aromatic carbocycles. The predicted octanol–water partition coefficient (Wildman–Crippen LogP) is 0.758. The molecule has 1 aliphatic rings. The van der Waals surface area contributed by atoms with Crippen LogP contribution in [0.2, 0.25) is 0 Å². The summed E-state index contributed by atoms with van der Waals surface area (Å²) in [6.07, 6.45) is 2.05. The number of hydrogen-bond acceptors (Lipinski definition) is 3. The second kappa shape index (κ2) is 4.04. The SMILES string of the molecule is C[C@H](N[S+]1CC=CS1)C(=O)O. The van der Waals surface area contributed by atoms with E-state index in [9.17, 15) is 4.79 Å². The second-order valence-corrected chi connectivity index (χ2v) is 5.67. The average molecular weight is 192 g/mol. The average Bonchev–Trinajstić information content (AvgIpc) is 2.39. The Morgan fingerprint density at radius 3 is 3.09 bits per heavy atom. The largest absolute Gasteiger partial charge is 0.480 e. The van der Waals surface area contributed by atoms with E-state index in [1.807, 2.05) is 5.41 Å². The number of hydrogen-bond donors (Lipinski definition) is 2. The van der Waals surface area contributed by atoms with E-state index >= 15 is 0 Å². The zero-order valence-corrected chi connectivity index (χ0v) is 7.74. The van der Waals surface area contributed by atoms with Gasteiger partial charge in [0.05, 0.1) is 0 Å². The van der Waals surface area contributed by atoms with Crippen molar-refractivity contribution in [1.82, 2.24) is 4.72 Å². The van der Waals surface area contributed by atoms with E-state index in [-0.39, 0.29) is 10.1 Å². The molecule has 0 spiro atoms. The van der Waals surface area contributed by atoms with E-state index in [2.05, 4.69) is 10.8 Å². The molecule has 11 heavy (non-hydrogen) atoms. The first-order chi connectivity index (χ1) is 5.20. The van der Waals surface area contributed by atoms with Gasteiger partial charge in [0.2, 0.25) is 0 Å². The highest BCUT2D eigenvalue weighted by Crippen LogP contribution is 2.22. The van der Waals surface area contributed by atoms with Gasteiger partial charge in [0.1, 0.15) is 16.8 Å². The van der Waals surface area contributed by atoms with E-state index in [4.69, 9.17) is 5.11 Å². The molecule has 1 heterocycles. The fourth-order valence-corrected chi connectivity index (χ4v) is 3.73. The quantitative estimate of drug-likeness (QED) is 0.512. The molecule has 0 aromatic rings. The first-order valence-corrected chi connectivity index (χ1v) is 6.01. The molecule has 0 radical (unpaired) electrons. The van der Waals surface area contributed by atoms with Gasteiger partial charge in [0.25, 0.3) is 0 Å². The minimum atomic E-state index is -0.787. The third-order valence-electron chi connectivity index (χ3n) is 1.19. The molecule has 0 saturated carbocycles. The molecule has 0 aromatic heterocycles. The van der Waals surface area contributed by atoms with Gasteiger partial charge in [-0.25, -0.2) is 0 Å². The monoisotopic (exact) mass is 192 g/mol. The van der Waals surface area contributed by atoms with Gasteiger partial charge in [0, 0.05) is 5.41 Å². The second-order valence-electron chi connectivity index (χ2n) is 2.16. The van der Waals surface area contributed by atoms with Crippen LogP contribution < -0.4 is 4.72 Å². The Kier molecular flexibility index (Phi) is 3.29. The summed E-state index contributed by atoms with van der Waals surface area (Å²) in [5.41, 5.74) is 0. The topological polar surface area (TPSA) is 49.3 Å². The third-order valence-corrected chi connectivity index (χ3v) is 4.57. The van der Waals surface area contributed by atoms with Crippen LogP contribution in [0.1, 0.15) is 6.92 Å². The van der Waals surface area contributed by atoms with Crippen LogP contribution in [0.25, 0.3) is 0 Å². The van der Waals surface area contributed by atoms with Crippen LogP contribution in [0.4, 0.5) is 0 Å². The van der Waals surface area contributed by atoms with Crippen molar-refractivity contribution >= 4 is 26.9 Å². The summed E-state index contributed by atoms with van der Waals surface area (Å²) < 4.78 is 3.01. The molecular weight excluding hydrogens is 182 g/mol. The minimum Gasteiger partial charge on any atom is -0.480 e. The Labute approximate surface area is 72.1 Å². The molecule has 2 N–H and O–H groups in total. The highest BCUT2D eigenvalue weighted by molar-refractivity contribution is 8.75. The van der Waals surface area contributed by atoms with Crippen molar-refractivity contribution in [2.24, 2.45) is 0 Å². The molecular formula is C6H10NO2S2+. The zero-order chi connectivity index (χ0) is 8.27. The molecule has 0 saturated heterocycles. The highest BCUT2D eigenvalue weighted by Gasteiger charge is 2.27. The first kappa shape index (κ1) is 8.96. The standard InChI is InChI=1S/C6H9NO2S2/c1-5(6(8)9)7-11-4-2-3-10-11/h2-3,5,7H,4H2,1H3/p+1/t5-,11?/m0/s1. The van der Waals surface area contributed by atoms with Gasteiger partial charge in [-0.3, -0.25) is 4.79 Å². The van der Waals surface area contributed by atoms with E-state index in [0.717, 1.165) is 5.75 Å². The summed E-state index contributed by atoms with van der Waals surface area (Å²) in [5.74, 6) is 0.160. The normalized spacial score (nSPS) is 25.4. The van der Waals surface area contributed by atoms with Crippen molar-refractivity contribution in [2.45, 2.75) is 13.0 Å². The van der Waals surface area contributed by atoms with Crippen molar-refractivity contribution in [3.63, 3.8) is 0 Å². The van der Waals surface area contributed by atoms with Gasteiger partial charge >= 0.3 is 5.97 Å². The lowest BCUT2D eigenvalue weighted by atomic mass is 10.4. The Balaban J connectivity index is 2.25. The maximum atomic E-state index is 10.4. The first-order valence-electron chi connectivity index (χ1n) is 3.22. The molecule has 1 rings (SSSR count). The Hall–Kier alpha value is -0.130. The summed E-state index contributed by atoms with van der Waals surface area (Å²) >= 11 is 0. The van der Waals surface area contributed by atoms with Crippen LogP contribution in [0.5, 0.6) is 0 Å². The molecule has 1 aliphatic heterocycles. The smallest absolute Gasteiger partial charge is 0.325 e. The number of carbonyl (C=O) groups is 1. The zero-order valence-electron chi connectivity index (χ0n) is 6.11. The maximum Gasteiger partial charge on any atom is 0.325 e. The molecule has 62 valence electrons. The van der Waals surface area contributed by atoms with Crippen LogP contribution in [-0.4, -0.2) is 22.9 Å². The van der Waals surface area contributed by atoms with Crippen LogP contribution in [0, 0.1) is 0 Å². The summed E-state index contributed by atoms with van der Waals surface area (Å²) in [4.78, 5) is 10.4. The predicted molar refractivity (Wildman–Crippen MR) is 49.2 cm³/mol. The number of nitrogens with one attached hydrogen (secondary N) is 1. The van der Waals surface area contributed by atoms with Gasteiger partial charge < -0.3 is 5.11 Å². The number of rotatable bonds is 3. The summed E-state index contributed by atoms with van der Waals surface area (Å²) in [5, 5.41) is 10.6. The van der Waals surface area contributed by atoms with E-state index < -0.39 is 12.0 Å². The molecule has 0 aliphatic carbocycles. The van der Waals surface area contributed by atoms with Gasteiger partial charge in [0.15, 0.2) is 15.9 Å².